The van der Waals surface area contributed by atoms with Crippen LogP contribution in [0.3, 0.4) is 0 Å². The van der Waals surface area contributed by atoms with Crippen molar-refractivity contribution in [3.63, 3.8) is 0 Å². The quantitative estimate of drug-likeness (QED) is 0.387. The monoisotopic (exact) mass is 465 g/mol. The van der Waals surface area contributed by atoms with E-state index in [0.29, 0.717) is 24.9 Å². The smallest absolute Gasteiger partial charge is 0.411 e. The molecule has 182 valence electrons. The highest BCUT2D eigenvalue weighted by Gasteiger charge is 2.42. The molecule has 34 heavy (non-hydrogen) atoms. The highest BCUT2D eigenvalue weighted by Crippen LogP contribution is 2.40. The van der Waals surface area contributed by atoms with Gasteiger partial charge in [-0.15, -0.1) is 0 Å². The Balaban J connectivity index is 1.62. The standard InChI is InChI=1S/C28H35NO5/c1-4-16-28(17-15-21-11-7-5-8-12-21)19-24(30)23(25(31)34-28)18-27(2,3)20-33-26(32)29-22-13-9-6-10-14-22/h5-14,30H,4,15-20H2,1-3H3,(H,29,32). The average Bonchev–Trinajstić information content (AvgIpc) is 2.81. The van der Waals surface area contributed by atoms with Crippen LogP contribution in [0.15, 0.2) is 72.0 Å². The molecule has 2 aromatic rings. The molecule has 0 radical (unpaired) electrons. The van der Waals surface area contributed by atoms with Gasteiger partial charge in [0.1, 0.15) is 11.4 Å². The van der Waals surface area contributed by atoms with Gasteiger partial charge in [0.15, 0.2) is 0 Å². The summed E-state index contributed by atoms with van der Waals surface area (Å²) in [4.78, 5) is 25.1. The third-order valence-electron chi connectivity index (χ3n) is 6.08. The van der Waals surface area contributed by atoms with Gasteiger partial charge in [0.25, 0.3) is 0 Å². The molecular weight excluding hydrogens is 430 g/mol. The number of benzene rings is 2. The van der Waals surface area contributed by atoms with E-state index in [1.807, 2.05) is 50.2 Å². The lowest BCUT2D eigenvalue weighted by atomic mass is 9.80. The Morgan fingerprint density at radius 1 is 1.09 bits per heavy atom. The van der Waals surface area contributed by atoms with Gasteiger partial charge in [0.05, 0.1) is 12.2 Å². The molecule has 0 aliphatic carbocycles. The zero-order valence-electron chi connectivity index (χ0n) is 20.3. The molecule has 0 bridgehead atoms. The van der Waals surface area contributed by atoms with Crippen LogP contribution in [-0.2, 0) is 20.7 Å². The topological polar surface area (TPSA) is 84.9 Å². The minimum absolute atomic E-state index is 0.0829. The summed E-state index contributed by atoms with van der Waals surface area (Å²) >= 11 is 0. The van der Waals surface area contributed by atoms with Crippen LogP contribution in [0.2, 0.25) is 0 Å². The number of nitrogens with one attached hydrogen (secondary N) is 1. The number of hydrogen-bond donors (Lipinski definition) is 2. The molecule has 0 aromatic heterocycles. The van der Waals surface area contributed by atoms with Gasteiger partial charge >= 0.3 is 12.1 Å². The number of cyclic esters (lactones) is 1. The van der Waals surface area contributed by atoms with Gasteiger partial charge in [-0.25, -0.2) is 9.59 Å². The Hall–Kier alpha value is -3.28. The maximum Gasteiger partial charge on any atom is 0.411 e. The third-order valence-corrected chi connectivity index (χ3v) is 6.08. The van der Waals surface area contributed by atoms with E-state index in [1.165, 1.54) is 5.56 Å². The Labute approximate surface area is 202 Å². The summed E-state index contributed by atoms with van der Waals surface area (Å²) in [7, 11) is 0. The highest BCUT2D eigenvalue weighted by atomic mass is 16.6. The number of aliphatic hydroxyl groups excluding tert-OH is 1. The number of amides is 1. The van der Waals surface area contributed by atoms with Crippen LogP contribution in [0.1, 0.15) is 58.4 Å². The summed E-state index contributed by atoms with van der Waals surface area (Å²) in [5.74, 6) is -0.397. The fraction of sp³-hybridized carbons (Fsp3) is 0.429. The molecule has 3 rings (SSSR count). The van der Waals surface area contributed by atoms with E-state index in [-0.39, 0.29) is 24.4 Å². The van der Waals surface area contributed by atoms with E-state index in [2.05, 4.69) is 24.4 Å². The molecule has 6 heteroatoms. The van der Waals surface area contributed by atoms with Gasteiger partial charge in [-0.3, -0.25) is 5.32 Å². The van der Waals surface area contributed by atoms with Crippen molar-refractivity contribution in [2.75, 3.05) is 11.9 Å². The molecule has 0 spiro atoms. The van der Waals surface area contributed by atoms with E-state index in [0.717, 1.165) is 12.8 Å². The van der Waals surface area contributed by atoms with Crippen molar-refractivity contribution >= 4 is 17.7 Å². The van der Waals surface area contributed by atoms with Crippen molar-refractivity contribution < 1.29 is 24.2 Å². The van der Waals surface area contributed by atoms with Gasteiger partial charge in [0.2, 0.25) is 0 Å². The van der Waals surface area contributed by atoms with Crippen LogP contribution >= 0.6 is 0 Å². The number of carbonyl (C=O) groups is 2. The predicted molar refractivity (Wildman–Crippen MR) is 133 cm³/mol. The summed E-state index contributed by atoms with van der Waals surface area (Å²) in [5, 5.41) is 13.6. The first-order valence-electron chi connectivity index (χ1n) is 11.9. The molecule has 0 saturated carbocycles. The maximum absolute atomic E-state index is 13.0. The summed E-state index contributed by atoms with van der Waals surface area (Å²) in [6, 6.07) is 19.1. The molecular formula is C28H35NO5. The zero-order valence-corrected chi connectivity index (χ0v) is 20.3. The number of aliphatic hydroxyl groups is 1. The molecule has 2 aromatic carbocycles. The molecule has 1 atom stereocenters. The first-order valence-corrected chi connectivity index (χ1v) is 11.9. The fourth-order valence-corrected chi connectivity index (χ4v) is 4.34. The number of rotatable bonds is 10. The average molecular weight is 466 g/mol. The summed E-state index contributed by atoms with van der Waals surface area (Å²) < 4.78 is 11.4. The van der Waals surface area contributed by atoms with Gasteiger partial charge < -0.3 is 14.6 Å². The minimum atomic E-state index is -0.703. The van der Waals surface area contributed by atoms with E-state index < -0.39 is 23.1 Å². The van der Waals surface area contributed by atoms with Crippen LogP contribution < -0.4 is 5.32 Å². The SMILES string of the molecule is CCCC1(CCc2ccccc2)CC(O)=C(CC(C)(C)COC(=O)Nc2ccccc2)C(=O)O1. The van der Waals surface area contributed by atoms with E-state index in [9.17, 15) is 14.7 Å². The van der Waals surface area contributed by atoms with Crippen molar-refractivity contribution in [1.29, 1.82) is 0 Å². The van der Waals surface area contributed by atoms with Crippen molar-refractivity contribution in [3.8, 4) is 0 Å². The molecule has 6 nitrogen and oxygen atoms in total. The molecule has 2 N–H and O–H groups in total. The zero-order chi connectivity index (χ0) is 24.6. The molecule has 1 heterocycles. The van der Waals surface area contributed by atoms with Crippen LogP contribution in [-0.4, -0.2) is 29.4 Å². The van der Waals surface area contributed by atoms with Crippen LogP contribution in [0.25, 0.3) is 0 Å². The number of hydrogen-bond acceptors (Lipinski definition) is 5. The second kappa shape index (κ2) is 11.2. The number of anilines is 1. The van der Waals surface area contributed by atoms with Crippen molar-refractivity contribution in [1.82, 2.24) is 0 Å². The lowest BCUT2D eigenvalue weighted by molar-refractivity contribution is -0.161. The Kier molecular flexibility index (Phi) is 8.37. The van der Waals surface area contributed by atoms with Crippen molar-refractivity contribution in [2.24, 2.45) is 5.41 Å². The number of ether oxygens (including phenoxy) is 2. The molecule has 1 amide bonds. The fourth-order valence-electron chi connectivity index (χ4n) is 4.34. The van der Waals surface area contributed by atoms with E-state index in [1.54, 1.807) is 12.1 Å². The molecule has 0 saturated heterocycles. The lowest BCUT2D eigenvalue weighted by Gasteiger charge is -2.38. The second-order valence-corrected chi connectivity index (χ2v) is 9.82. The number of carbonyl (C=O) groups excluding carboxylic acids is 2. The first-order chi connectivity index (χ1) is 16.2. The minimum Gasteiger partial charge on any atom is -0.512 e. The second-order valence-electron chi connectivity index (χ2n) is 9.82. The van der Waals surface area contributed by atoms with Crippen LogP contribution in [0.5, 0.6) is 0 Å². The molecule has 0 fully saturated rings. The van der Waals surface area contributed by atoms with Gasteiger partial charge in [-0.05, 0) is 43.4 Å². The lowest BCUT2D eigenvalue weighted by Crippen LogP contribution is -2.41. The summed E-state index contributed by atoms with van der Waals surface area (Å²) in [6.07, 6.45) is 2.95. The van der Waals surface area contributed by atoms with Crippen LogP contribution in [0, 0.1) is 5.41 Å². The van der Waals surface area contributed by atoms with Crippen LogP contribution in [0.4, 0.5) is 10.5 Å². The Morgan fingerprint density at radius 2 is 1.74 bits per heavy atom. The third kappa shape index (κ3) is 7.11. The largest absolute Gasteiger partial charge is 0.512 e. The molecule has 1 aliphatic rings. The van der Waals surface area contributed by atoms with E-state index in [4.69, 9.17) is 9.47 Å². The molecule has 1 unspecified atom stereocenters. The van der Waals surface area contributed by atoms with Crippen molar-refractivity contribution in [2.45, 2.75) is 64.9 Å². The number of esters is 1. The van der Waals surface area contributed by atoms with Gasteiger partial charge in [-0.2, -0.15) is 0 Å². The Morgan fingerprint density at radius 3 is 2.35 bits per heavy atom. The number of para-hydroxylation sites is 1. The van der Waals surface area contributed by atoms with Gasteiger partial charge in [0, 0.05) is 17.5 Å². The summed E-state index contributed by atoms with van der Waals surface area (Å²) in [5.41, 5.74) is 0.819. The van der Waals surface area contributed by atoms with Gasteiger partial charge in [-0.1, -0.05) is 75.7 Å². The first kappa shape index (κ1) is 25.3. The maximum atomic E-state index is 13.0. The Bertz CT molecular complexity index is 1000. The molecule has 1 aliphatic heterocycles. The summed E-state index contributed by atoms with van der Waals surface area (Å²) in [6.45, 7) is 5.92. The normalized spacial score (nSPS) is 18.4. The van der Waals surface area contributed by atoms with E-state index >= 15 is 0 Å². The predicted octanol–water partition coefficient (Wildman–Crippen LogP) is 6.58. The van der Waals surface area contributed by atoms with Crippen molar-refractivity contribution in [3.05, 3.63) is 77.6 Å². The number of aryl methyl sites for hydroxylation is 1. The highest BCUT2D eigenvalue weighted by molar-refractivity contribution is 5.90.